The third-order valence-corrected chi connectivity index (χ3v) is 5.00. The fourth-order valence-electron chi connectivity index (χ4n) is 2.43. The van der Waals surface area contributed by atoms with Crippen molar-refractivity contribution in [3.05, 3.63) is 69.7 Å². The summed E-state index contributed by atoms with van der Waals surface area (Å²) < 4.78 is 5.14. The molecule has 28 heavy (non-hydrogen) atoms. The van der Waals surface area contributed by atoms with Gasteiger partial charge in [0.2, 0.25) is 5.13 Å². The van der Waals surface area contributed by atoms with Crippen molar-refractivity contribution in [3.8, 4) is 5.75 Å². The quantitative estimate of drug-likeness (QED) is 0.544. The van der Waals surface area contributed by atoms with E-state index in [1.54, 1.807) is 31.4 Å². The van der Waals surface area contributed by atoms with Crippen molar-refractivity contribution in [2.24, 2.45) is 0 Å². The van der Waals surface area contributed by atoms with Gasteiger partial charge in [0.25, 0.3) is 0 Å². The van der Waals surface area contributed by atoms with E-state index in [2.05, 4.69) is 20.8 Å². The van der Waals surface area contributed by atoms with Crippen molar-refractivity contribution in [1.82, 2.24) is 15.5 Å². The van der Waals surface area contributed by atoms with Gasteiger partial charge in [-0.15, -0.1) is 10.2 Å². The molecule has 0 aliphatic heterocycles. The molecule has 0 spiro atoms. The Bertz CT molecular complexity index is 916. The van der Waals surface area contributed by atoms with E-state index in [1.807, 2.05) is 24.3 Å². The summed E-state index contributed by atoms with van der Waals surface area (Å²) in [6, 6.07) is 14.0. The predicted molar refractivity (Wildman–Crippen MR) is 109 cm³/mol. The fraction of sp³-hybridized carbons (Fsp3) is 0.211. The maximum absolute atomic E-state index is 12.0. The number of urea groups is 1. The number of nitrogens with one attached hydrogen (secondary N) is 2. The van der Waals surface area contributed by atoms with Gasteiger partial charge in [-0.25, -0.2) is 4.79 Å². The van der Waals surface area contributed by atoms with Crippen molar-refractivity contribution in [2.45, 2.75) is 12.5 Å². The molecule has 0 saturated heterocycles. The summed E-state index contributed by atoms with van der Waals surface area (Å²) >= 11 is 7.12. The van der Waals surface area contributed by atoms with Gasteiger partial charge in [-0.2, -0.15) is 0 Å². The average Bonchev–Trinajstić information content (AvgIpc) is 3.14. The zero-order valence-electron chi connectivity index (χ0n) is 15.1. The Labute approximate surface area is 171 Å². The first-order valence-corrected chi connectivity index (χ1v) is 9.66. The van der Waals surface area contributed by atoms with Crippen LogP contribution >= 0.6 is 22.9 Å². The number of aromatic nitrogens is 2. The minimum absolute atomic E-state index is 0.0605. The Morgan fingerprint density at radius 2 is 1.89 bits per heavy atom. The molecule has 3 N–H and O–H groups in total. The lowest BCUT2D eigenvalue weighted by molar-refractivity contribution is 0.175. The molecule has 1 heterocycles. The number of carbonyl (C=O) groups excluding carboxylic acids is 1. The lowest BCUT2D eigenvalue weighted by Gasteiger charge is -2.12. The molecule has 3 aromatic rings. The summed E-state index contributed by atoms with van der Waals surface area (Å²) in [4.78, 5) is 12.0. The third kappa shape index (κ3) is 5.66. The molecule has 0 aliphatic carbocycles. The maximum Gasteiger partial charge on any atom is 0.321 e. The lowest BCUT2D eigenvalue weighted by atomic mass is 10.1. The number of hydrogen-bond acceptors (Lipinski definition) is 6. The maximum atomic E-state index is 12.0. The standard InChI is InChI=1S/C19H19ClN4O3S/c1-27-15-8-2-12(3-9-15)10-17-23-24-19(28-17)22-18(26)21-11-16(25)13-4-6-14(20)7-5-13/h2-9,16,25H,10-11H2,1H3,(H2,21,22,24,26). The number of rotatable bonds is 7. The van der Waals surface area contributed by atoms with Gasteiger partial charge in [-0.3, -0.25) is 5.32 Å². The highest BCUT2D eigenvalue weighted by molar-refractivity contribution is 7.15. The normalized spacial score (nSPS) is 11.7. The molecular formula is C19H19ClN4O3S. The van der Waals surface area contributed by atoms with Gasteiger partial charge >= 0.3 is 6.03 Å². The number of aliphatic hydroxyl groups is 1. The second-order valence-electron chi connectivity index (χ2n) is 5.93. The zero-order chi connectivity index (χ0) is 19.9. The smallest absolute Gasteiger partial charge is 0.321 e. The zero-order valence-corrected chi connectivity index (χ0v) is 16.6. The second kappa shape index (κ2) is 9.50. The predicted octanol–water partition coefficient (Wildman–Crippen LogP) is 3.65. The average molecular weight is 419 g/mol. The minimum Gasteiger partial charge on any atom is -0.497 e. The van der Waals surface area contributed by atoms with Crippen LogP contribution in [0.25, 0.3) is 0 Å². The van der Waals surface area contributed by atoms with E-state index in [0.29, 0.717) is 22.1 Å². The van der Waals surface area contributed by atoms with Gasteiger partial charge in [0.05, 0.1) is 13.2 Å². The molecule has 0 bridgehead atoms. The van der Waals surface area contributed by atoms with Crippen LogP contribution in [0.4, 0.5) is 9.93 Å². The van der Waals surface area contributed by atoms with Crippen molar-refractivity contribution >= 4 is 34.1 Å². The Morgan fingerprint density at radius 3 is 2.57 bits per heavy atom. The van der Waals surface area contributed by atoms with Crippen LogP contribution in [-0.4, -0.2) is 35.0 Å². The molecule has 0 saturated carbocycles. The van der Waals surface area contributed by atoms with Crippen LogP contribution in [0.2, 0.25) is 5.02 Å². The number of amides is 2. The number of aliphatic hydroxyl groups excluding tert-OH is 1. The van der Waals surface area contributed by atoms with Crippen LogP contribution in [0, 0.1) is 0 Å². The molecule has 1 aromatic heterocycles. The molecule has 2 amide bonds. The molecule has 146 valence electrons. The van der Waals surface area contributed by atoms with Crippen molar-refractivity contribution < 1.29 is 14.6 Å². The van der Waals surface area contributed by atoms with Gasteiger partial charge in [0.15, 0.2) is 0 Å². The SMILES string of the molecule is COc1ccc(Cc2nnc(NC(=O)NCC(O)c3ccc(Cl)cc3)s2)cc1. The molecule has 0 fully saturated rings. The number of ether oxygens (including phenoxy) is 1. The lowest BCUT2D eigenvalue weighted by Crippen LogP contribution is -2.32. The van der Waals surface area contributed by atoms with Crippen LogP contribution < -0.4 is 15.4 Å². The second-order valence-corrected chi connectivity index (χ2v) is 7.43. The first-order valence-electron chi connectivity index (χ1n) is 8.47. The van der Waals surface area contributed by atoms with Crippen LogP contribution in [0.1, 0.15) is 22.2 Å². The molecule has 9 heteroatoms. The Hall–Kier alpha value is -2.68. The monoisotopic (exact) mass is 418 g/mol. The number of carbonyl (C=O) groups is 1. The molecular weight excluding hydrogens is 400 g/mol. The Balaban J connectivity index is 1.48. The van der Waals surface area contributed by atoms with Crippen LogP contribution in [0.5, 0.6) is 5.75 Å². The number of nitrogens with zero attached hydrogens (tertiary/aromatic N) is 2. The van der Waals surface area contributed by atoms with Gasteiger partial charge in [-0.05, 0) is 35.4 Å². The van der Waals surface area contributed by atoms with Gasteiger partial charge in [0.1, 0.15) is 10.8 Å². The summed E-state index contributed by atoms with van der Waals surface area (Å²) in [5.74, 6) is 0.792. The first-order chi connectivity index (χ1) is 13.5. The van der Waals surface area contributed by atoms with Crippen LogP contribution in [-0.2, 0) is 6.42 Å². The number of methoxy groups -OCH3 is 1. The fourth-order valence-corrected chi connectivity index (χ4v) is 3.32. The van der Waals surface area contributed by atoms with Crippen molar-refractivity contribution in [1.29, 1.82) is 0 Å². The highest BCUT2D eigenvalue weighted by Crippen LogP contribution is 2.20. The highest BCUT2D eigenvalue weighted by atomic mass is 35.5. The Kier molecular flexibility index (Phi) is 6.80. The van der Waals surface area contributed by atoms with Crippen LogP contribution in [0.15, 0.2) is 48.5 Å². The largest absolute Gasteiger partial charge is 0.497 e. The number of benzene rings is 2. The number of anilines is 1. The summed E-state index contributed by atoms with van der Waals surface area (Å²) in [6.45, 7) is 0.0605. The molecule has 0 radical (unpaired) electrons. The van der Waals surface area contributed by atoms with E-state index < -0.39 is 12.1 Å². The van der Waals surface area contributed by atoms with E-state index in [1.165, 1.54) is 11.3 Å². The summed E-state index contributed by atoms with van der Waals surface area (Å²) in [6.07, 6.45) is -0.219. The molecule has 7 nitrogen and oxygen atoms in total. The van der Waals surface area contributed by atoms with Crippen molar-refractivity contribution in [3.63, 3.8) is 0 Å². The number of halogens is 1. The molecule has 0 aliphatic rings. The first kappa shape index (κ1) is 20.1. The van der Waals surface area contributed by atoms with Crippen molar-refractivity contribution in [2.75, 3.05) is 19.0 Å². The molecule has 1 atom stereocenters. The van der Waals surface area contributed by atoms with Gasteiger partial charge in [0, 0.05) is 18.0 Å². The summed E-state index contributed by atoms with van der Waals surface area (Å²) in [5.41, 5.74) is 1.74. The van der Waals surface area contributed by atoms with Gasteiger partial charge < -0.3 is 15.2 Å². The van der Waals surface area contributed by atoms with Crippen LogP contribution in [0.3, 0.4) is 0 Å². The van der Waals surface area contributed by atoms with E-state index in [4.69, 9.17) is 16.3 Å². The molecule has 2 aromatic carbocycles. The summed E-state index contributed by atoms with van der Waals surface area (Å²) in [7, 11) is 1.62. The topological polar surface area (TPSA) is 96.4 Å². The van der Waals surface area contributed by atoms with E-state index in [0.717, 1.165) is 16.3 Å². The summed E-state index contributed by atoms with van der Waals surface area (Å²) in [5, 5.41) is 25.2. The minimum atomic E-state index is -0.830. The highest BCUT2D eigenvalue weighted by Gasteiger charge is 2.12. The van der Waals surface area contributed by atoms with E-state index in [-0.39, 0.29) is 6.54 Å². The van der Waals surface area contributed by atoms with Gasteiger partial charge in [-0.1, -0.05) is 47.2 Å². The molecule has 3 rings (SSSR count). The molecule has 1 unspecified atom stereocenters. The van der Waals surface area contributed by atoms with E-state index >= 15 is 0 Å². The van der Waals surface area contributed by atoms with E-state index in [9.17, 15) is 9.90 Å². The third-order valence-electron chi connectivity index (χ3n) is 3.91. The number of hydrogen-bond donors (Lipinski definition) is 3. The Morgan fingerprint density at radius 1 is 1.18 bits per heavy atom.